The molecule has 1 heterocycles. The molecule has 0 aromatic heterocycles. The average molecular weight is 226 g/mol. The Morgan fingerprint density at radius 1 is 1.31 bits per heavy atom. The fraction of sp³-hybridized carbons (Fsp3) is 1.00. The van der Waals surface area contributed by atoms with Gasteiger partial charge in [-0.25, -0.2) is 0 Å². The predicted octanol–water partition coefficient (Wildman–Crippen LogP) is 2.89. The average Bonchev–Trinajstić information content (AvgIpc) is 2.44. The molecule has 0 amide bonds. The van der Waals surface area contributed by atoms with Crippen molar-refractivity contribution in [2.75, 3.05) is 26.2 Å². The van der Waals surface area contributed by atoms with E-state index in [9.17, 15) is 0 Å². The predicted molar refractivity (Wildman–Crippen MR) is 71.8 cm³/mol. The van der Waals surface area contributed by atoms with Gasteiger partial charge in [-0.05, 0) is 44.8 Å². The molecule has 1 rings (SSSR count). The number of hydrogen-bond donors (Lipinski definition) is 1. The number of hydrogen-bond acceptors (Lipinski definition) is 2. The van der Waals surface area contributed by atoms with Crippen molar-refractivity contribution in [2.45, 2.75) is 58.9 Å². The van der Waals surface area contributed by atoms with Crippen molar-refractivity contribution in [2.24, 2.45) is 5.92 Å². The van der Waals surface area contributed by atoms with E-state index in [2.05, 4.69) is 31.0 Å². The molecule has 1 aliphatic rings. The van der Waals surface area contributed by atoms with E-state index in [4.69, 9.17) is 0 Å². The quantitative estimate of drug-likeness (QED) is 0.701. The van der Waals surface area contributed by atoms with Crippen LogP contribution in [0, 0.1) is 5.92 Å². The summed E-state index contributed by atoms with van der Waals surface area (Å²) in [6, 6.07) is 0.777. The van der Waals surface area contributed by atoms with E-state index >= 15 is 0 Å². The van der Waals surface area contributed by atoms with Crippen molar-refractivity contribution in [3.63, 3.8) is 0 Å². The summed E-state index contributed by atoms with van der Waals surface area (Å²) in [6.07, 6.45) is 6.77. The fourth-order valence-electron chi connectivity index (χ4n) is 2.62. The molecule has 0 radical (unpaired) electrons. The first kappa shape index (κ1) is 14.0. The third-order valence-corrected chi connectivity index (χ3v) is 3.49. The monoisotopic (exact) mass is 226 g/mol. The van der Waals surface area contributed by atoms with E-state index < -0.39 is 0 Å². The van der Waals surface area contributed by atoms with Crippen LogP contribution in [0.25, 0.3) is 0 Å². The Hall–Kier alpha value is -0.0800. The molecule has 0 aromatic rings. The molecule has 1 N–H and O–H groups in total. The normalized spacial score (nSPS) is 23.6. The summed E-state index contributed by atoms with van der Waals surface area (Å²) in [4.78, 5) is 2.73. The van der Waals surface area contributed by atoms with Crippen LogP contribution in [0.3, 0.4) is 0 Å². The molecule has 16 heavy (non-hydrogen) atoms. The molecule has 1 atom stereocenters. The third kappa shape index (κ3) is 5.31. The Morgan fingerprint density at radius 3 is 2.81 bits per heavy atom. The largest absolute Gasteiger partial charge is 0.315 e. The van der Waals surface area contributed by atoms with Gasteiger partial charge in [0, 0.05) is 12.6 Å². The lowest BCUT2D eigenvalue weighted by Gasteiger charge is -2.30. The van der Waals surface area contributed by atoms with Crippen LogP contribution < -0.4 is 5.32 Å². The van der Waals surface area contributed by atoms with Crippen LogP contribution in [-0.2, 0) is 0 Å². The lowest BCUT2D eigenvalue weighted by Crippen LogP contribution is -2.41. The van der Waals surface area contributed by atoms with Gasteiger partial charge in [-0.2, -0.15) is 0 Å². The molecule has 0 bridgehead atoms. The summed E-state index contributed by atoms with van der Waals surface area (Å²) in [5.41, 5.74) is 0. The first-order chi connectivity index (χ1) is 7.74. The van der Waals surface area contributed by atoms with Crippen molar-refractivity contribution >= 4 is 0 Å². The summed E-state index contributed by atoms with van der Waals surface area (Å²) >= 11 is 0. The Kier molecular flexibility index (Phi) is 7.06. The highest BCUT2D eigenvalue weighted by molar-refractivity contribution is 4.78. The highest BCUT2D eigenvalue weighted by Gasteiger charge is 2.20. The second-order valence-corrected chi connectivity index (χ2v) is 5.58. The summed E-state index contributed by atoms with van der Waals surface area (Å²) in [5, 5.41) is 3.58. The van der Waals surface area contributed by atoms with Gasteiger partial charge in [0.05, 0.1) is 0 Å². The van der Waals surface area contributed by atoms with E-state index in [-0.39, 0.29) is 0 Å². The maximum absolute atomic E-state index is 3.58. The smallest absolute Gasteiger partial charge is 0.0223 e. The standard InChI is InChI=1S/C14H30N2/c1-4-5-6-9-16-10-7-8-15-12-14(16)11-13(2)3/h13-15H,4-12H2,1-3H3. The second kappa shape index (κ2) is 8.08. The highest BCUT2D eigenvalue weighted by atomic mass is 15.2. The second-order valence-electron chi connectivity index (χ2n) is 5.58. The summed E-state index contributed by atoms with van der Waals surface area (Å²) in [7, 11) is 0. The molecule has 1 saturated heterocycles. The molecule has 0 spiro atoms. The molecule has 1 aliphatic heterocycles. The first-order valence-electron chi connectivity index (χ1n) is 7.18. The van der Waals surface area contributed by atoms with Gasteiger partial charge >= 0.3 is 0 Å². The van der Waals surface area contributed by atoms with Crippen LogP contribution in [0.5, 0.6) is 0 Å². The Labute approximate surface area is 102 Å². The summed E-state index contributed by atoms with van der Waals surface area (Å²) < 4.78 is 0. The molecular weight excluding hydrogens is 196 g/mol. The van der Waals surface area contributed by atoms with Gasteiger partial charge < -0.3 is 5.32 Å². The molecule has 1 unspecified atom stereocenters. The minimum absolute atomic E-state index is 0.777. The molecule has 0 aliphatic carbocycles. The van der Waals surface area contributed by atoms with Gasteiger partial charge in [0.1, 0.15) is 0 Å². The van der Waals surface area contributed by atoms with Crippen LogP contribution in [-0.4, -0.2) is 37.1 Å². The van der Waals surface area contributed by atoms with E-state index in [0.717, 1.165) is 12.0 Å². The van der Waals surface area contributed by atoms with Gasteiger partial charge in [-0.1, -0.05) is 33.6 Å². The first-order valence-corrected chi connectivity index (χ1v) is 7.18. The zero-order valence-electron chi connectivity index (χ0n) is 11.5. The summed E-state index contributed by atoms with van der Waals surface area (Å²) in [5.74, 6) is 0.818. The van der Waals surface area contributed by atoms with E-state index in [0.29, 0.717) is 0 Å². The SMILES string of the molecule is CCCCCN1CCCNCC1CC(C)C. The lowest BCUT2D eigenvalue weighted by atomic mass is 10.0. The fourth-order valence-corrected chi connectivity index (χ4v) is 2.62. The minimum atomic E-state index is 0.777. The molecule has 1 fully saturated rings. The van der Waals surface area contributed by atoms with Crippen molar-refractivity contribution < 1.29 is 0 Å². The zero-order chi connectivity index (χ0) is 11.8. The maximum Gasteiger partial charge on any atom is 0.0223 e. The van der Waals surface area contributed by atoms with E-state index in [1.807, 2.05) is 0 Å². The molecule has 0 aromatic carbocycles. The topological polar surface area (TPSA) is 15.3 Å². The minimum Gasteiger partial charge on any atom is -0.315 e. The van der Waals surface area contributed by atoms with Crippen molar-refractivity contribution in [1.82, 2.24) is 10.2 Å². The number of nitrogens with zero attached hydrogens (tertiary/aromatic N) is 1. The van der Waals surface area contributed by atoms with Crippen LogP contribution in [0.4, 0.5) is 0 Å². The van der Waals surface area contributed by atoms with Gasteiger partial charge in [-0.3, -0.25) is 4.90 Å². The van der Waals surface area contributed by atoms with Gasteiger partial charge in [0.15, 0.2) is 0 Å². The Morgan fingerprint density at radius 2 is 2.12 bits per heavy atom. The van der Waals surface area contributed by atoms with Crippen LogP contribution in [0.2, 0.25) is 0 Å². The third-order valence-electron chi connectivity index (χ3n) is 3.49. The molecule has 0 saturated carbocycles. The molecule has 2 nitrogen and oxygen atoms in total. The van der Waals surface area contributed by atoms with Crippen molar-refractivity contribution in [3.05, 3.63) is 0 Å². The number of rotatable bonds is 6. The van der Waals surface area contributed by atoms with Crippen LogP contribution >= 0.6 is 0 Å². The molecule has 96 valence electrons. The number of unbranched alkanes of at least 4 members (excludes halogenated alkanes) is 2. The lowest BCUT2D eigenvalue weighted by molar-refractivity contribution is 0.182. The van der Waals surface area contributed by atoms with E-state index in [1.165, 1.54) is 58.3 Å². The van der Waals surface area contributed by atoms with Crippen LogP contribution in [0.15, 0.2) is 0 Å². The van der Waals surface area contributed by atoms with Gasteiger partial charge in [0.2, 0.25) is 0 Å². The molecular formula is C14H30N2. The van der Waals surface area contributed by atoms with Crippen molar-refractivity contribution in [3.8, 4) is 0 Å². The van der Waals surface area contributed by atoms with Gasteiger partial charge in [0.25, 0.3) is 0 Å². The maximum atomic E-state index is 3.58. The van der Waals surface area contributed by atoms with Crippen molar-refractivity contribution in [1.29, 1.82) is 0 Å². The Balaban J connectivity index is 2.38. The van der Waals surface area contributed by atoms with Gasteiger partial charge in [-0.15, -0.1) is 0 Å². The van der Waals surface area contributed by atoms with E-state index in [1.54, 1.807) is 0 Å². The van der Waals surface area contributed by atoms with Crippen LogP contribution in [0.1, 0.15) is 52.9 Å². The Bertz CT molecular complexity index is 168. The summed E-state index contributed by atoms with van der Waals surface area (Å²) in [6.45, 7) is 12.0. The number of nitrogens with one attached hydrogen (secondary N) is 1. The molecule has 2 heteroatoms. The highest BCUT2D eigenvalue weighted by Crippen LogP contribution is 2.14. The zero-order valence-corrected chi connectivity index (χ0v) is 11.5.